The van der Waals surface area contributed by atoms with E-state index in [1.807, 2.05) is 12.1 Å². The molecule has 2 aromatic rings. The van der Waals surface area contributed by atoms with Gasteiger partial charge in [-0.3, -0.25) is 0 Å². The Bertz CT molecular complexity index is 447. The largest absolute Gasteiger partial charge is 0.399 e. The second kappa shape index (κ2) is 5.29. The maximum atomic E-state index is 9.92. The van der Waals surface area contributed by atoms with Gasteiger partial charge in [-0.2, -0.15) is 0 Å². The van der Waals surface area contributed by atoms with Crippen molar-refractivity contribution < 1.29 is 5.11 Å². The molecule has 0 aliphatic heterocycles. The number of hydrogen-bond acceptors (Lipinski definition) is 6. The van der Waals surface area contributed by atoms with E-state index in [2.05, 4.69) is 10.2 Å². The van der Waals surface area contributed by atoms with Crippen molar-refractivity contribution >= 4 is 28.8 Å². The van der Waals surface area contributed by atoms with Crippen molar-refractivity contribution in [3.63, 3.8) is 0 Å². The van der Waals surface area contributed by atoms with Crippen LogP contribution in [0.15, 0.2) is 34.1 Å². The minimum Gasteiger partial charge on any atom is -0.399 e. The van der Waals surface area contributed by atoms with Gasteiger partial charge in [0.05, 0.1) is 6.10 Å². The molecule has 1 aromatic carbocycles. The molecular formula is C10H11N3OS2. The Labute approximate surface area is 102 Å². The molecule has 1 unspecified atom stereocenters. The third kappa shape index (κ3) is 2.94. The topological polar surface area (TPSA) is 72.0 Å². The average molecular weight is 253 g/mol. The number of thioether (sulfide) groups is 1. The zero-order chi connectivity index (χ0) is 11.4. The molecule has 0 amide bonds. The van der Waals surface area contributed by atoms with Gasteiger partial charge in [-0.1, -0.05) is 35.2 Å². The van der Waals surface area contributed by atoms with Gasteiger partial charge in [0, 0.05) is 11.4 Å². The fourth-order valence-corrected chi connectivity index (χ4v) is 2.72. The third-order valence-electron chi connectivity index (χ3n) is 2.00. The summed E-state index contributed by atoms with van der Waals surface area (Å²) in [6.45, 7) is 0. The van der Waals surface area contributed by atoms with E-state index in [-0.39, 0.29) is 0 Å². The van der Waals surface area contributed by atoms with Gasteiger partial charge in [-0.15, -0.1) is 10.2 Å². The summed E-state index contributed by atoms with van der Waals surface area (Å²) in [5.41, 5.74) is 8.82. The van der Waals surface area contributed by atoms with E-state index in [0.717, 1.165) is 9.90 Å². The second-order valence-electron chi connectivity index (χ2n) is 3.20. The summed E-state index contributed by atoms with van der Waals surface area (Å²) in [5, 5.41) is 17.6. The molecule has 0 saturated carbocycles. The van der Waals surface area contributed by atoms with E-state index in [1.165, 1.54) is 23.1 Å². The Balaban J connectivity index is 1.95. The Kier molecular flexibility index (Phi) is 3.76. The number of nitrogen functional groups attached to an aromatic ring is 1. The van der Waals surface area contributed by atoms with E-state index >= 15 is 0 Å². The predicted octanol–water partition coefficient (Wildman–Crippen LogP) is 1.95. The highest BCUT2D eigenvalue weighted by atomic mass is 32.2. The molecular weight excluding hydrogens is 242 g/mol. The molecule has 6 heteroatoms. The number of rotatable bonds is 4. The Morgan fingerprint density at radius 2 is 2.38 bits per heavy atom. The van der Waals surface area contributed by atoms with E-state index in [9.17, 15) is 5.11 Å². The lowest BCUT2D eigenvalue weighted by Crippen LogP contribution is -2.01. The van der Waals surface area contributed by atoms with Gasteiger partial charge in [0.2, 0.25) is 0 Å². The minimum atomic E-state index is -0.530. The first-order valence-corrected chi connectivity index (χ1v) is 6.54. The maximum absolute atomic E-state index is 9.92. The standard InChI is InChI=1S/C10H11N3OS2/c11-8-3-1-2-7(4-8)9(14)5-15-10-13-12-6-16-10/h1-4,6,9,14H,5,11H2. The molecule has 0 spiro atoms. The molecule has 0 aliphatic rings. The van der Waals surface area contributed by atoms with Crippen LogP contribution < -0.4 is 5.73 Å². The van der Waals surface area contributed by atoms with E-state index in [1.54, 1.807) is 17.6 Å². The lowest BCUT2D eigenvalue weighted by molar-refractivity contribution is 0.204. The lowest BCUT2D eigenvalue weighted by atomic mass is 10.1. The molecule has 1 aromatic heterocycles. The Hall–Kier alpha value is -1.11. The van der Waals surface area contributed by atoms with Crippen LogP contribution in [-0.2, 0) is 0 Å². The molecule has 16 heavy (non-hydrogen) atoms. The van der Waals surface area contributed by atoms with Crippen molar-refractivity contribution in [1.82, 2.24) is 10.2 Å². The normalized spacial score (nSPS) is 12.6. The van der Waals surface area contributed by atoms with Crippen molar-refractivity contribution in [1.29, 1.82) is 0 Å². The van der Waals surface area contributed by atoms with Crippen molar-refractivity contribution in [3.8, 4) is 0 Å². The van der Waals surface area contributed by atoms with Crippen LogP contribution in [0.3, 0.4) is 0 Å². The van der Waals surface area contributed by atoms with Gasteiger partial charge in [-0.05, 0) is 17.7 Å². The van der Waals surface area contributed by atoms with Crippen LogP contribution in [0.2, 0.25) is 0 Å². The average Bonchev–Trinajstić information content (AvgIpc) is 2.78. The highest BCUT2D eigenvalue weighted by molar-refractivity contribution is 8.01. The molecule has 1 atom stereocenters. The molecule has 1 heterocycles. The monoisotopic (exact) mass is 253 g/mol. The van der Waals surface area contributed by atoms with Crippen molar-refractivity contribution in [2.24, 2.45) is 0 Å². The van der Waals surface area contributed by atoms with Crippen LogP contribution in [0.25, 0.3) is 0 Å². The lowest BCUT2D eigenvalue weighted by Gasteiger charge is -2.09. The van der Waals surface area contributed by atoms with Gasteiger partial charge in [0.25, 0.3) is 0 Å². The first-order valence-electron chi connectivity index (χ1n) is 4.68. The summed E-state index contributed by atoms with van der Waals surface area (Å²) in [6.07, 6.45) is -0.530. The molecule has 0 saturated heterocycles. The van der Waals surface area contributed by atoms with Crippen LogP contribution in [-0.4, -0.2) is 21.1 Å². The minimum absolute atomic E-state index is 0.530. The van der Waals surface area contributed by atoms with Crippen LogP contribution in [0.1, 0.15) is 11.7 Å². The molecule has 0 aliphatic carbocycles. The molecule has 2 rings (SSSR count). The number of nitrogens with two attached hydrogens (primary N) is 1. The summed E-state index contributed by atoms with van der Waals surface area (Å²) in [7, 11) is 0. The highest BCUT2D eigenvalue weighted by Gasteiger charge is 2.09. The maximum Gasteiger partial charge on any atom is 0.174 e. The number of aliphatic hydroxyl groups excluding tert-OH is 1. The SMILES string of the molecule is Nc1cccc(C(O)CSc2nncs2)c1. The van der Waals surface area contributed by atoms with Crippen LogP contribution in [0.4, 0.5) is 5.69 Å². The highest BCUT2D eigenvalue weighted by Crippen LogP contribution is 2.25. The van der Waals surface area contributed by atoms with Crippen molar-refractivity contribution in [3.05, 3.63) is 35.3 Å². The second-order valence-corrected chi connectivity index (χ2v) is 5.30. The first-order chi connectivity index (χ1) is 7.75. The summed E-state index contributed by atoms with van der Waals surface area (Å²) in [6, 6.07) is 7.28. The zero-order valence-corrected chi connectivity index (χ0v) is 10.0. The molecule has 0 fully saturated rings. The van der Waals surface area contributed by atoms with E-state index < -0.39 is 6.10 Å². The Morgan fingerprint density at radius 1 is 1.50 bits per heavy atom. The number of hydrogen-bond donors (Lipinski definition) is 2. The fourth-order valence-electron chi connectivity index (χ4n) is 1.24. The van der Waals surface area contributed by atoms with E-state index in [0.29, 0.717) is 11.4 Å². The summed E-state index contributed by atoms with van der Waals surface area (Å²) >= 11 is 2.96. The number of nitrogens with zero attached hydrogens (tertiary/aromatic N) is 2. The van der Waals surface area contributed by atoms with Gasteiger partial charge in [-0.25, -0.2) is 0 Å². The first kappa shape index (κ1) is 11.4. The van der Waals surface area contributed by atoms with E-state index in [4.69, 9.17) is 5.73 Å². The van der Waals surface area contributed by atoms with Crippen LogP contribution in [0.5, 0.6) is 0 Å². The molecule has 84 valence electrons. The number of aliphatic hydroxyl groups is 1. The van der Waals surface area contributed by atoms with Gasteiger partial charge in [0.15, 0.2) is 4.34 Å². The molecule has 4 nitrogen and oxygen atoms in total. The zero-order valence-electron chi connectivity index (χ0n) is 8.41. The van der Waals surface area contributed by atoms with Gasteiger partial charge in [0.1, 0.15) is 5.51 Å². The predicted molar refractivity (Wildman–Crippen MR) is 66.4 cm³/mol. The number of benzene rings is 1. The molecule has 0 bridgehead atoms. The van der Waals surface area contributed by atoms with Crippen molar-refractivity contribution in [2.45, 2.75) is 10.4 Å². The Morgan fingerprint density at radius 3 is 3.06 bits per heavy atom. The summed E-state index contributed by atoms with van der Waals surface area (Å²) < 4.78 is 0.864. The quantitative estimate of drug-likeness (QED) is 0.643. The van der Waals surface area contributed by atoms with Crippen LogP contribution >= 0.6 is 23.1 Å². The summed E-state index contributed by atoms with van der Waals surface area (Å²) in [4.78, 5) is 0. The smallest absolute Gasteiger partial charge is 0.174 e. The molecule has 3 N–H and O–H groups in total. The van der Waals surface area contributed by atoms with Crippen LogP contribution in [0, 0.1) is 0 Å². The number of aromatic nitrogens is 2. The fraction of sp³-hybridized carbons (Fsp3) is 0.200. The summed E-state index contributed by atoms with van der Waals surface area (Å²) in [5.74, 6) is 0.554. The van der Waals surface area contributed by atoms with Gasteiger partial charge >= 0.3 is 0 Å². The number of anilines is 1. The van der Waals surface area contributed by atoms with Crippen molar-refractivity contribution in [2.75, 3.05) is 11.5 Å². The third-order valence-corrected chi connectivity index (χ3v) is 3.94. The molecule has 0 radical (unpaired) electrons. The van der Waals surface area contributed by atoms with Gasteiger partial charge < -0.3 is 10.8 Å².